The fraction of sp³-hybridized carbons (Fsp3) is 0.154. The highest BCUT2D eigenvalue weighted by atomic mass is 16.1. The van der Waals surface area contributed by atoms with E-state index in [9.17, 15) is 4.79 Å². The van der Waals surface area contributed by atoms with Gasteiger partial charge in [-0.3, -0.25) is 4.79 Å². The van der Waals surface area contributed by atoms with E-state index in [2.05, 4.69) is 6.08 Å². The van der Waals surface area contributed by atoms with E-state index in [-0.39, 0.29) is 5.78 Å². The van der Waals surface area contributed by atoms with Crippen molar-refractivity contribution in [3.05, 3.63) is 53.6 Å². The van der Waals surface area contributed by atoms with E-state index < -0.39 is 0 Å². The Balaban J connectivity index is 2.30. The zero-order chi connectivity index (χ0) is 9.80. The van der Waals surface area contributed by atoms with Crippen LogP contribution in [0.1, 0.15) is 18.4 Å². The monoisotopic (exact) mass is 184 g/mol. The summed E-state index contributed by atoms with van der Waals surface area (Å²) in [6.07, 6.45) is 7.44. The van der Waals surface area contributed by atoms with Crippen molar-refractivity contribution in [3.63, 3.8) is 0 Å². The average molecular weight is 184 g/mol. The van der Waals surface area contributed by atoms with Gasteiger partial charge in [0.1, 0.15) is 0 Å². The maximum Gasteiger partial charge on any atom is 0.163 e. The smallest absolute Gasteiger partial charge is 0.163 e. The molecule has 0 atom stereocenters. The lowest BCUT2D eigenvalue weighted by Crippen LogP contribution is -2.03. The molecular formula is C13H12O. The first-order chi connectivity index (χ1) is 6.86. The summed E-state index contributed by atoms with van der Waals surface area (Å²) in [5.41, 5.74) is 1.91. The summed E-state index contributed by atoms with van der Waals surface area (Å²) < 4.78 is 0. The summed E-state index contributed by atoms with van der Waals surface area (Å²) in [7, 11) is 0. The molecule has 1 aliphatic rings. The fourth-order valence-corrected chi connectivity index (χ4v) is 1.52. The number of carbonyl (C=O) groups is 1. The number of allylic oxidation sites excluding steroid dienone is 3. The first kappa shape index (κ1) is 8.95. The zero-order valence-electron chi connectivity index (χ0n) is 7.94. The van der Waals surface area contributed by atoms with Crippen LogP contribution in [0.25, 0.3) is 6.08 Å². The molecule has 0 bridgehead atoms. The highest BCUT2D eigenvalue weighted by molar-refractivity contribution is 6.03. The maximum absolute atomic E-state index is 11.5. The van der Waals surface area contributed by atoms with E-state index in [1.54, 1.807) is 0 Å². The second-order valence-corrected chi connectivity index (χ2v) is 3.37. The number of rotatable bonds is 1. The second kappa shape index (κ2) is 4.05. The van der Waals surface area contributed by atoms with Crippen molar-refractivity contribution >= 4 is 11.9 Å². The molecule has 0 radical (unpaired) electrons. The third-order valence-electron chi connectivity index (χ3n) is 2.28. The molecule has 0 aliphatic heterocycles. The number of hydrogen-bond donors (Lipinski definition) is 0. The predicted molar refractivity (Wildman–Crippen MR) is 57.8 cm³/mol. The minimum Gasteiger partial charge on any atom is -0.294 e. The molecular weight excluding hydrogens is 172 g/mol. The van der Waals surface area contributed by atoms with Gasteiger partial charge in [0.25, 0.3) is 0 Å². The third-order valence-corrected chi connectivity index (χ3v) is 2.28. The lowest BCUT2D eigenvalue weighted by atomic mass is 9.98. The van der Waals surface area contributed by atoms with Crippen LogP contribution in [0, 0.1) is 0 Å². The van der Waals surface area contributed by atoms with Gasteiger partial charge >= 0.3 is 0 Å². The number of hydrogen-bond acceptors (Lipinski definition) is 1. The summed E-state index contributed by atoms with van der Waals surface area (Å²) in [6, 6.07) is 9.93. The molecule has 1 aromatic carbocycles. The van der Waals surface area contributed by atoms with Crippen molar-refractivity contribution in [2.45, 2.75) is 12.8 Å². The highest BCUT2D eigenvalue weighted by Crippen LogP contribution is 2.15. The van der Waals surface area contributed by atoms with Gasteiger partial charge < -0.3 is 0 Å². The molecule has 0 spiro atoms. The van der Waals surface area contributed by atoms with Gasteiger partial charge in [-0.25, -0.2) is 0 Å². The number of carbonyl (C=O) groups excluding carboxylic acids is 1. The Labute approximate surface area is 83.8 Å². The minimum absolute atomic E-state index is 0.247. The number of ketones is 1. The van der Waals surface area contributed by atoms with Crippen LogP contribution in [-0.4, -0.2) is 5.78 Å². The van der Waals surface area contributed by atoms with Crippen LogP contribution in [0.4, 0.5) is 0 Å². The van der Waals surface area contributed by atoms with Gasteiger partial charge in [-0.05, 0) is 18.1 Å². The first-order valence-corrected chi connectivity index (χ1v) is 4.83. The van der Waals surface area contributed by atoms with Gasteiger partial charge in [-0.15, -0.1) is 0 Å². The van der Waals surface area contributed by atoms with Gasteiger partial charge in [-0.2, -0.15) is 0 Å². The predicted octanol–water partition coefficient (Wildman–Crippen LogP) is 2.99. The standard InChI is InChI=1S/C13H12O/c14-13-9-5-4-8-12(13)10-11-6-2-1-3-7-11/h1-4,6-8,10H,5,9H2/b12-10+. The van der Waals surface area contributed by atoms with Crippen molar-refractivity contribution in [1.82, 2.24) is 0 Å². The molecule has 14 heavy (non-hydrogen) atoms. The van der Waals surface area contributed by atoms with E-state index >= 15 is 0 Å². The Bertz CT molecular complexity index is 385. The molecule has 0 heterocycles. The van der Waals surface area contributed by atoms with E-state index in [4.69, 9.17) is 0 Å². The molecule has 70 valence electrons. The Hall–Kier alpha value is -1.63. The van der Waals surface area contributed by atoms with Gasteiger partial charge in [0.2, 0.25) is 0 Å². The van der Waals surface area contributed by atoms with Gasteiger partial charge in [0.05, 0.1) is 0 Å². The van der Waals surface area contributed by atoms with Crippen molar-refractivity contribution in [3.8, 4) is 0 Å². The Morgan fingerprint density at radius 3 is 2.64 bits per heavy atom. The van der Waals surface area contributed by atoms with Crippen LogP contribution < -0.4 is 0 Å². The van der Waals surface area contributed by atoms with E-state index in [1.807, 2.05) is 42.5 Å². The molecule has 2 rings (SSSR count). The summed E-state index contributed by atoms with van der Waals surface area (Å²) in [5.74, 6) is 0.247. The van der Waals surface area contributed by atoms with Gasteiger partial charge in [0, 0.05) is 12.0 Å². The summed E-state index contributed by atoms with van der Waals surface area (Å²) in [5, 5.41) is 0. The number of benzene rings is 1. The maximum atomic E-state index is 11.5. The minimum atomic E-state index is 0.247. The molecule has 0 amide bonds. The molecule has 0 N–H and O–H groups in total. The average Bonchev–Trinajstić information content (AvgIpc) is 2.23. The molecule has 0 unspecified atom stereocenters. The van der Waals surface area contributed by atoms with Crippen molar-refractivity contribution in [2.75, 3.05) is 0 Å². The molecule has 0 saturated carbocycles. The van der Waals surface area contributed by atoms with Crippen LogP contribution in [0.5, 0.6) is 0 Å². The van der Waals surface area contributed by atoms with Crippen molar-refractivity contribution in [2.24, 2.45) is 0 Å². The molecule has 0 aromatic heterocycles. The molecule has 0 saturated heterocycles. The SMILES string of the molecule is O=C1CCC=C/C1=C\c1ccccc1. The normalized spacial score (nSPS) is 18.9. The second-order valence-electron chi connectivity index (χ2n) is 3.37. The third kappa shape index (κ3) is 1.99. The molecule has 1 aromatic rings. The largest absolute Gasteiger partial charge is 0.294 e. The lowest BCUT2D eigenvalue weighted by Gasteiger charge is -2.05. The van der Waals surface area contributed by atoms with Crippen LogP contribution in [0.15, 0.2) is 48.1 Å². The van der Waals surface area contributed by atoms with E-state index in [0.29, 0.717) is 6.42 Å². The molecule has 0 fully saturated rings. The van der Waals surface area contributed by atoms with Crippen molar-refractivity contribution in [1.29, 1.82) is 0 Å². The number of Topliss-reactive ketones (excluding diaryl/α,β-unsaturated/α-hetero) is 1. The summed E-state index contributed by atoms with van der Waals surface area (Å²) in [4.78, 5) is 11.5. The van der Waals surface area contributed by atoms with Crippen LogP contribution >= 0.6 is 0 Å². The van der Waals surface area contributed by atoms with E-state index in [0.717, 1.165) is 17.6 Å². The zero-order valence-corrected chi connectivity index (χ0v) is 7.94. The summed E-state index contributed by atoms with van der Waals surface area (Å²) in [6.45, 7) is 0. The van der Waals surface area contributed by atoms with Crippen LogP contribution in [-0.2, 0) is 4.79 Å². The molecule has 1 heteroatoms. The van der Waals surface area contributed by atoms with Gasteiger partial charge in [0.15, 0.2) is 5.78 Å². The fourth-order valence-electron chi connectivity index (χ4n) is 1.52. The highest BCUT2D eigenvalue weighted by Gasteiger charge is 2.09. The topological polar surface area (TPSA) is 17.1 Å². The molecule has 1 aliphatic carbocycles. The lowest BCUT2D eigenvalue weighted by molar-refractivity contribution is -0.115. The Morgan fingerprint density at radius 1 is 1.14 bits per heavy atom. The summed E-state index contributed by atoms with van der Waals surface area (Å²) >= 11 is 0. The Kier molecular flexibility index (Phi) is 2.59. The Morgan fingerprint density at radius 2 is 1.93 bits per heavy atom. The molecule has 1 nitrogen and oxygen atoms in total. The van der Waals surface area contributed by atoms with Gasteiger partial charge in [-0.1, -0.05) is 42.5 Å². The van der Waals surface area contributed by atoms with E-state index in [1.165, 1.54) is 0 Å². The van der Waals surface area contributed by atoms with Crippen LogP contribution in [0.2, 0.25) is 0 Å². The quantitative estimate of drug-likeness (QED) is 0.613. The van der Waals surface area contributed by atoms with Crippen LogP contribution in [0.3, 0.4) is 0 Å². The van der Waals surface area contributed by atoms with Crippen molar-refractivity contribution < 1.29 is 4.79 Å². The first-order valence-electron chi connectivity index (χ1n) is 4.83.